The summed E-state index contributed by atoms with van der Waals surface area (Å²) in [6.45, 7) is 104. The Morgan fingerprint density at radius 1 is 0.262 bits per heavy atom. The minimum Gasteiger partial charge on any atom is -0.488 e. The van der Waals surface area contributed by atoms with Crippen molar-refractivity contribution in [3.05, 3.63) is 289 Å². The summed E-state index contributed by atoms with van der Waals surface area (Å²) in [5.74, 6) is 2.70. The number of hydrogen-bond donors (Lipinski definition) is 0. The van der Waals surface area contributed by atoms with Gasteiger partial charge in [-0.15, -0.1) is 0 Å². The molecule has 1 heterocycles. The van der Waals surface area contributed by atoms with Crippen LogP contribution in [-0.2, 0) is 26.4 Å². The molecule has 0 saturated heterocycles. The molecular weight excluding hydrogens is 1680 g/mol. The number of nitrogens with zero attached hydrogens (tertiary/aromatic N) is 3. The van der Waals surface area contributed by atoms with Crippen molar-refractivity contribution in [3.8, 4) is 17.2 Å². The second kappa shape index (κ2) is 45.0. The van der Waals surface area contributed by atoms with Crippen LogP contribution in [0.1, 0.15) is 251 Å². The zero-order valence-electron chi connectivity index (χ0n) is 91.5. The zero-order valence-corrected chi connectivity index (χ0v) is 97.5. The number of rotatable bonds is 11. The zero-order chi connectivity index (χ0) is 99.7. The molecule has 0 spiro atoms. The maximum Gasteiger partial charge on any atom is 0.153 e. The summed E-state index contributed by atoms with van der Waals surface area (Å²) >= 11 is 0. The fourth-order valence-corrected chi connectivity index (χ4v) is 42.6. The molecule has 0 unspecified atom stereocenters. The van der Waals surface area contributed by atoms with Crippen LogP contribution >= 0.6 is 0 Å². The first kappa shape index (κ1) is 115. The molecule has 0 atom stereocenters. The van der Waals surface area contributed by atoms with Gasteiger partial charge in [0.15, 0.2) is 27.6 Å². The predicted octanol–water partition coefficient (Wildman–Crippen LogP) is 32.1. The highest BCUT2D eigenvalue weighted by molar-refractivity contribution is 7.14. The van der Waals surface area contributed by atoms with Crippen LogP contribution in [0, 0.1) is 0 Å². The molecule has 130 heavy (non-hydrogen) atoms. The minimum absolute atomic E-state index is 0.0417. The van der Waals surface area contributed by atoms with Gasteiger partial charge in [-0.2, -0.15) is 0 Å². The second-order valence-corrected chi connectivity index (χ2v) is 81.3. The first-order valence-corrected chi connectivity index (χ1v) is 65.8. The SMILES string of the molecule is CC(C)(C)N([Si](C)(C)C)[Si](C)(C)C.CC(C)(C)Oc1ccccc1.CC(C)(C)[Si](C)(C)C.CC(C)(C)[Si](c1ccccc1)(c1ccccc1)c1ccccc1.CC(C)(C)c1ccc(N2c3ccccc3Oc3ccccc32)cc1.CC(C)(C)c1ccc([Si](c2ccc(C(C)(C)C)cc2)(c2ccc(C(C)(C)C)cc2)C(C)(C)C)cc1.CN(C(C)(C)C)[Si](C)(C)C.COC(C)(C)C. The van der Waals surface area contributed by atoms with Gasteiger partial charge in [0.1, 0.15) is 36.1 Å². The lowest BCUT2D eigenvalue weighted by atomic mass is 9.87. The molecule has 0 radical (unpaired) electrons. The van der Waals surface area contributed by atoms with E-state index in [-0.39, 0.29) is 42.9 Å². The summed E-state index contributed by atoms with van der Waals surface area (Å²) in [6.07, 6.45) is 0. The van der Waals surface area contributed by atoms with Crippen LogP contribution in [0.3, 0.4) is 0 Å². The van der Waals surface area contributed by atoms with E-state index in [1.54, 1.807) is 7.11 Å². The van der Waals surface area contributed by atoms with Crippen molar-refractivity contribution in [2.24, 2.45) is 0 Å². The fourth-order valence-electron chi connectivity index (χ4n) is 17.3. The highest BCUT2D eigenvalue weighted by Crippen LogP contribution is 2.51. The normalized spacial score (nSPS) is 13.3. The first-order valence-electron chi connectivity index (χ1n) is 48.0. The molecule has 1 aliphatic heterocycles. The Labute approximate surface area is 805 Å². The number of anilines is 3. The number of fused-ring (bicyclic) bond motifs is 2. The summed E-state index contributed by atoms with van der Waals surface area (Å²) in [5, 5.41) is 9.73. The van der Waals surface area contributed by atoms with E-state index in [0.29, 0.717) is 16.1 Å². The summed E-state index contributed by atoms with van der Waals surface area (Å²) in [6, 6.07) is 97.2. The Morgan fingerprint density at radius 3 is 0.677 bits per heavy atom. The Hall–Kier alpha value is -7.22. The van der Waals surface area contributed by atoms with Gasteiger partial charge in [0.2, 0.25) is 0 Å². The van der Waals surface area contributed by atoms with Crippen LogP contribution in [0.5, 0.6) is 17.2 Å². The third-order valence-electron chi connectivity index (χ3n) is 24.9. The van der Waals surface area contributed by atoms with Gasteiger partial charge in [0, 0.05) is 26.4 Å². The van der Waals surface area contributed by atoms with Gasteiger partial charge in [-0.25, -0.2) is 0 Å². The van der Waals surface area contributed by atoms with Crippen molar-refractivity contribution >= 4 is 97.1 Å². The third-order valence-corrected chi connectivity index (χ3v) is 51.8. The molecule has 11 rings (SSSR count). The molecule has 0 bridgehead atoms. The van der Waals surface area contributed by atoms with Crippen molar-refractivity contribution in [2.75, 3.05) is 19.1 Å². The Kier molecular flexibility index (Phi) is 39.8. The van der Waals surface area contributed by atoms with E-state index in [2.05, 4.69) is 486 Å². The maximum atomic E-state index is 6.07. The van der Waals surface area contributed by atoms with Crippen molar-refractivity contribution in [3.63, 3.8) is 0 Å². The summed E-state index contributed by atoms with van der Waals surface area (Å²) in [7, 11) is -4.81. The molecule has 10 aromatic rings. The van der Waals surface area contributed by atoms with Gasteiger partial charge < -0.3 is 27.9 Å². The maximum absolute atomic E-state index is 6.07. The molecule has 1 aliphatic rings. The van der Waals surface area contributed by atoms with E-state index in [1.807, 2.05) is 108 Å². The van der Waals surface area contributed by atoms with Gasteiger partial charge in [-0.3, -0.25) is 0 Å². The van der Waals surface area contributed by atoms with Crippen molar-refractivity contribution in [2.45, 2.75) is 366 Å². The lowest BCUT2D eigenvalue weighted by Crippen LogP contribution is -2.72. The molecule has 0 amide bonds. The molecule has 0 N–H and O–H groups in total. The molecule has 0 saturated carbocycles. The van der Waals surface area contributed by atoms with E-state index in [1.165, 1.54) is 53.4 Å². The van der Waals surface area contributed by atoms with Gasteiger partial charge in [-0.05, 0) is 234 Å². The average molecular weight is 1860 g/mol. The summed E-state index contributed by atoms with van der Waals surface area (Å²) in [4.78, 5) is 2.26. The molecule has 6 nitrogen and oxygen atoms in total. The lowest BCUT2D eigenvalue weighted by molar-refractivity contribution is 0.0397. The molecule has 12 heteroatoms. The smallest absolute Gasteiger partial charge is 0.153 e. The first-order chi connectivity index (χ1) is 58.9. The lowest BCUT2D eigenvalue weighted by Gasteiger charge is -2.52. The second-order valence-electron chi connectivity index (χ2n) is 50.8. The molecule has 0 fully saturated rings. The third kappa shape index (κ3) is 33.4. The predicted molar refractivity (Wildman–Crippen MR) is 599 cm³/mol. The summed E-state index contributed by atoms with van der Waals surface area (Å²) in [5.41, 5.74) is 10.0. The molecule has 10 aromatic carbocycles. The van der Waals surface area contributed by atoms with E-state index >= 15 is 0 Å². The van der Waals surface area contributed by atoms with Gasteiger partial charge in [-0.1, -0.05) is 442 Å². The molecular formula is C118H185N3O3Si6. The van der Waals surface area contributed by atoms with E-state index < -0.39 is 48.9 Å². The largest absolute Gasteiger partial charge is 0.488 e. The van der Waals surface area contributed by atoms with Crippen LogP contribution in [0.15, 0.2) is 267 Å². The van der Waals surface area contributed by atoms with Gasteiger partial charge in [0.05, 0.1) is 17.0 Å². The quantitative estimate of drug-likeness (QED) is 0.0949. The van der Waals surface area contributed by atoms with Crippen molar-refractivity contribution < 1.29 is 14.2 Å². The number of hydrogen-bond acceptors (Lipinski definition) is 6. The highest BCUT2D eigenvalue weighted by atomic mass is 28.4. The average Bonchev–Trinajstić information content (AvgIpc) is 0.716. The number of ether oxygens (including phenoxy) is 3. The number of methoxy groups -OCH3 is 1. The summed E-state index contributed by atoms with van der Waals surface area (Å²) < 4.78 is 22.0. The number of para-hydroxylation sites is 5. The van der Waals surface area contributed by atoms with E-state index in [0.717, 1.165) is 34.3 Å². The Balaban J connectivity index is 0.000000331. The Bertz CT molecular complexity index is 4620. The van der Waals surface area contributed by atoms with Crippen LogP contribution in [0.4, 0.5) is 17.1 Å². The fraction of sp³-hybridized carbons (Fsp3) is 0.492. The van der Waals surface area contributed by atoms with Gasteiger partial charge in [0.25, 0.3) is 0 Å². The molecule has 0 aliphatic carbocycles. The van der Waals surface area contributed by atoms with Crippen LogP contribution in [-0.4, -0.2) is 94.2 Å². The number of benzene rings is 10. The van der Waals surface area contributed by atoms with E-state index in [4.69, 9.17) is 14.2 Å². The van der Waals surface area contributed by atoms with Crippen LogP contribution in [0.2, 0.25) is 93.7 Å². The van der Waals surface area contributed by atoms with Crippen LogP contribution < -0.4 is 45.5 Å². The van der Waals surface area contributed by atoms with Gasteiger partial charge >= 0.3 is 0 Å². The molecule has 0 aromatic heterocycles. The standard InChI is InChI=1S/C34H48Si.C22H21NO.C22H24Si.C10H27NSi2.C10H14O.C8H21NSi.C7H18Si.C5H12O/c1-31(2,3)25-13-19-28(20-14-25)35(34(10,11)12,29-21-15-26(16-22-29)32(4,5)6)30-23-17-27(18-24-30)33(7,8)9;1-22(2,3)16-12-14-17(15-13-16)23-18-8-4-6-10-20(18)24-21-11-7-5-9-19(21)23;1-22(2,3)23(19-13-7-4-8-14-19,20-15-9-5-10-16-20)21-17-11-6-12-18-21;1-10(2,3)11(12(4,5)6)13(7,8)9;1-10(2,3)11-9-7-5-4-6-8-9;1-8(2,3)9(4)10(5,6)7;1-7(2,3)8(4,5)6;1-5(2,3)6-4/h13-24H,1-12H3;4-15H,1-3H3;4-18H,1-3H3;1-9H3;4-8H,1-3H3;1-7H3;1-6H3;1-4H3. The topological polar surface area (TPSA) is 37.4 Å². The monoisotopic (exact) mass is 1860 g/mol. The highest BCUT2D eigenvalue weighted by Gasteiger charge is 2.51. The molecule has 714 valence electrons. The van der Waals surface area contributed by atoms with Crippen molar-refractivity contribution in [1.29, 1.82) is 0 Å². The minimum atomic E-state index is -2.37. The van der Waals surface area contributed by atoms with Crippen molar-refractivity contribution in [1.82, 2.24) is 8.80 Å². The Morgan fingerprint density at radius 2 is 0.492 bits per heavy atom. The van der Waals surface area contributed by atoms with Crippen LogP contribution in [0.25, 0.3) is 0 Å². The van der Waals surface area contributed by atoms with E-state index in [9.17, 15) is 0 Å².